The number of halogens is 2. The molecule has 2 heterocycles. The Labute approximate surface area is 216 Å². The van der Waals surface area contributed by atoms with Crippen LogP contribution in [0, 0.1) is 11.8 Å². The van der Waals surface area contributed by atoms with Gasteiger partial charge in [-0.3, -0.25) is 14.5 Å². The van der Waals surface area contributed by atoms with Gasteiger partial charge in [0.1, 0.15) is 11.6 Å². The quantitative estimate of drug-likeness (QED) is 0.549. The third-order valence-electron chi connectivity index (χ3n) is 5.05. The van der Waals surface area contributed by atoms with Crippen LogP contribution in [-0.2, 0) is 21.5 Å². The molecule has 2 saturated heterocycles. The highest BCUT2D eigenvalue weighted by Gasteiger charge is 2.23. The van der Waals surface area contributed by atoms with Crippen molar-refractivity contribution in [3.63, 3.8) is 0 Å². The van der Waals surface area contributed by atoms with E-state index in [1.54, 1.807) is 0 Å². The Hall–Kier alpha value is -1.53. The first-order valence-electron chi connectivity index (χ1n) is 13.5. The zero-order valence-corrected chi connectivity index (χ0v) is 20.5. The third-order valence-corrected chi connectivity index (χ3v) is 5.69. The number of rotatable bonds is 3. The molecule has 2 aliphatic heterocycles. The molecule has 32 heavy (non-hydrogen) atoms. The summed E-state index contributed by atoms with van der Waals surface area (Å²) in [6, 6.07) is 20.2. The fourth-order valence-electron chi connectivity index (χ4n) is 3.17. The molecule has 0 amide bonds. The van der Waals surface area contributed by atoms with Crippen molar-refractivity contribution in [2.75, 3.05) is 26.2 Å². The van der Waals surface area contributed by atoms with Crippen molar-refractivity contribution in [3.8, 4) is 0 Å². The highest BCUT2D eigenvalue weighted by molar-refractivity contribution is 9.08. The van der Waals surface area contributed by atoms with E-state index in [0.717, 1.165) is 10.9 Å². The maximum Gasteiger partial charge on any atom is 0.149 e. The van der Waals surface area contributed by atoms with Crippen LogP contribution in [0.15, 0.2) is 60.7 Å². The van der Waals surface area contributed by atoms with E-state index in [1.165, 1.54) is 5.56 Å². The second kappa shape index (κ2) is 16.1. The average Bonchev–Trinajstić information content (AvgIpc) is 2.85. The van der Waals surface area contributed by atoms with Gasteiger partial charge in [0.15, 0.2) is 0 Å². The lowest BCUT2D eigenvalue weighted by molar-refractivity contribution is -0.126. The van der Waals surface area contributed by atoms with Crippen LogP contribution in [0.1, 0.15) is 45.9 Å². The van der Waals surface area contributed by atoms with E-state index in [-0.39, 0.29) is 37.1 Å². The molecule has 4 rings (SSSR count). The van der Waals surface area contributed by atoms with E-state index in [4.69, 9.17) is 8.22 Å². The predicted molar refractivity (Wildman–Crippen MR) is 138 cm³/mol. The summed E-state index contributed by atoms with van der Waals surface area (Å²) in [6.45, 7) is -1.77. The van der Waals surface area contributed by atoms with Gasteiger partial charge in [0.05, 0.1) is 13.1 Å². The zero-order valence-electron chi connectivity index (χ0n) is 24.1. The molecular formula is C26H36BrClN2O2. The van der Waals surface area contributed by atoms with Crippen LogP contribution in [0.3, 0.4) is 0 Å². The number of likely N-dealkylation sites (tertiary alicyclic amines) is 1. The third kappa shape index (κ3) is 10.9. The molecule has 1 N–H and O–H groups in total. The van der Waals surface area contributed by atoms with E-state index in [9.17, 15) is 9.59 Å². The van der Waals surface area contributed by atoms with Crippen molar-refractivity contribution in [2.24, 2.45) is 11.8 Å². The Morgan fingerprint density at radius 2 is 1.53 bits per heavy atom. The minimum Gasteiger partial charge on any atom is -0.310 e. The minimum atomic E-state index is -2.14. The molecular weight excluding hydrogens is 488 g/mol. The Morgan fingerprint density at radius 1 is 0.938 bits per heavy atom. The number of alkyl halides is 1. The van der Waals surface area contributed by atoms with Crippen molar-refractivity contribution in [3.05, 3.63) is 71.8 Å². The predicted octanol–water partition coefficient (Wildman–Crippen LogP) is 5.29. The van der Waals surface area contributed by atoms with Gasteiger partial charge < -0.3 is 5.32 Å². The first kappa shape index (κ1) is 19.9. The molecule has 0 bridgehead atoms. The fraction of sp³-hybridized carbons (Fsp3) is 0.462. The molecule has 176 valence electrons. The summed E-state index contributed by atoms with van der Waals surface area (Å²) < 4.78 is 43.1. The van der Waals surface area contributed by atoms with Crippen molar-refractivity contribution >= 4 is 39.9 Å². The van der Waals surface area contributed by atoms with Crippen molar-refractivity contribution in [1.29, 1.82) is 0 Å². The minimum absolute atomic E-state index is 0. The van der Waals surface area contributed by atoms with Gasteiger partial charge in [-0.05, 0) is 37.1 Å². The van der Waals surface area contributed by atoms with E-state index >= 15 is 0 Å². The normalized spacial score (nSPS) is 24.3. The molecule has 2 unspecified atom stereocenters. The topological polar surface area (TPSA) is 49.4 Å². The van der Waals surface area contributed by atoms with E-state index in [2.05, 4.69) is 33.4 Å². The average molecular weight is 530 g/mol. The maximum atomic E-state index is 11.8. The van der Waals surface area contributed by atoms with Gasteiger partial charge in [0.25, 0.3) is 0 Å². The van der Waals surface area contributed by atoms with E-state index in [1.807, 2.05) is 53.4 Å². The first-order valence-corrected chi connectivity index (χ1v) is 11.7. The summed E-state index contributed by atoms with van der Waals surface area (Å²) in [5.41, 5.74) is 2.48. The molecule has 2 aromatic rings. The van der Waals surface area contributed by atoms with Crippen LogP contribution in [0.5, 0.6) is 0 Å². The lowest BCUT2D eigenvalue weighted by Gasteiger charge is -2.29. The van der Waals surface area contributed by atoms with Crippen LogP contribution < -0.4 is 5.32 Å². The summed E-state index contributed by atoms with van der Waals surface area (Å²) in [7, 11) is 0. The molecule has 2 aromatic carbocycles. The number of hydrogen-bond donors (Lipinski definition) is 1. The van der Waals surface area contributed by atoms with Gasteiger partial charge in [-0.2, -0.15) is 0 Å². The van der Waals surface area contributed by atoms with Crippen molar-refractivity contribution in [2.45, 2.75) is 38.4 Å². The fourth-order valence-corrected chi connectivity index (χ4v) is 3.54. The number of hydrogen-bond acceptors (Lipinski definition) is 4. The van der Waals surface area contributed by atoms with Gasteiger partial charge in [0, 0.05) is 31.9 Å². The number of carbonyl (C=O) groups excluding carboxylic acids is 2. The van der Waals surface area contributed by atoms with Crippen LogP contribution in [0.4, 0.5) is 0 Å². The number of ketones is 2. The number of nitrogens with one attached hydrogen (secondary N) is 1. The summed E-state index contributed by atoms with van der Waals surface area (Å²) in [4.78, 5) is 24.9. The second-order valence-electron chi connectivity index (χ2n) is 7.61. The molecule has 2 aliphatic rings. The number of Topliss-reactive ketones (excluding diaryl/α,β-unsaturated/α-hetero) is 2. The van der Waals surface area contributed by atoms with Crippen molar-refractivity contribution in [1.82, 2.24) is 10.2 Å². The van der Waals surface area contributed by atoms with Gasteiger partial charge in [-0.15, -0.1) is 12.4 Å². The summed E-state index contributed by atoms with van der Waals surface area (Å²) >= 11 is 3.36. The number of piperidine rings is 2. The molecule has 0 radical (unpaired) electrons. The number of benzene rings is 2. The van der Waals surface area contributed by atoms with Gasteiger partial charge in [-0.25, -0.2) is 0 Å². The molecule has 0 aromatic heterocycles. The largest absolute Gasteiger partial charge is 0.310 e. The monoisotopic (exact) mass is 528 g/mol. The summed E-state index contributed by atoms with van der Waals surface area (Å²) in [5.74, 6) is -1.85. The van der Waals surface area contributed by atoms with E-state index in [0.29, 0.717) is 32.5 Å². The highest BCUT2D eigenvalue weighted by atomic mass is 79.9. The molecule has 0 spiro atoms. The van der Waals surface area contributed by atoms with Gasteiger partial charge in [-0.1, -0.05) is 90.3 Å². The Morgan fingerprint density at radius 3 is 2.00 bits per heavy atom. The van der Waals surface area contributed by atoms with E-state index < -0.39 is 25.5 Å². The second-order valence-corrected chi connectivity index (χ2v) is 8.17. The van der Waals surface area contributed by atoms with Crippen LogP contribution in [-0.4, -0.2) is 42.6 Å². The lowest BCUT2D eigenvalue weighted by atomic mass is 9.97. The van der Waals surface area contributed by atoms with Gasteiger partial charge >= 0.3 is 0 Å². The highest BCUT2D eigenvalue weighted by Crippen LogP contribution is 2.15. The Kier molecular flexibility index (Phi) is 10.0. The number of carbonyl (C=O) groups is 2. The Bertz CT molecular complexity index is 977. The summed E-state index contributed by atoms with van der Waals surface area (Å²) in [5, 5.41) is 3.79. The van der Waals surface area contributed by atoms with Crippen LogP contribution in [0.25, 0.3) is 0 Å². The van der Waals surface area contributed by atoms with Crippen LogP contribution in [0.2, 0.25) is 0 Å². The molecule has 2 fully saturated rings. The molecule has 2 atom stereocenters. The maximum absolute atomic E-state index is 11.8. The number of nitrogens with zero attached hydrogens (tertiary/aromatic N) is 1. The van der Waals surface area contributed by atoms with Gasteiger partial charge in [0.2, 0.25) is 0 Å². The van der Waals surface area contributed by atoms with Crippen molar-refractivity contribution < 1.29 is 17.8 Å². The molecule has 0 aliphatic carbocycles. The molecule has 0 saturated carbocycles. The van der Waals surface area contributed by atoms with Crippen LogP contribution >= 0.6 is 28.3 Å². The lowest BCUT2D eigenvalue weighted by Crippen LogP contribution is -2.39. The summed E-state index contributed by atoms with van der Waals surface area (Å²) in [6.07, 6.45) is 0.873. The molecule has 6 heteroatoms. The first-order chi connectivity index (χ1) is 17.4. The standard InChI is InChI=1S/C13H17NO.C7H7Br.C6H11NO.ClH/c1-11-7-8-14(10-13(11)15)9-12-5-3-2-4-6-12;8-6-7-4-2-1-3-5-7;1-5-2-3-7-4-6(5)8;/h2-6,11H,7-10H2,1H3;1-5H,6H2;5,7H,2-4H2,1H3;1H/i1D3;;1D3;. The molecule has 4 nitrogen and oxygen atoms in total. The Balaban J connectivity index is 0.000000309. The SMILES string of the molecule is BrCc1ccccc1.Cl.[2H]C([2H])([2H])C1CCN(Cc2ccccc2)CC1=O.[2H]C([2H])([2H])C1CCNCC1=O. The zero-order chi connectivity index (χ0) is 27.5. The smallest absolute Gasteiger partial charge is 0.149 e.